The number of alkyl halides is 1. The lowest BCUT2D eigenvalue weighted by atomic mass is 10.2. The molecular formula is C13H24BrN3. The lowest BCUT2D eigenvalue weighted by molar-refractivity contribution is 0.312. The number of nitrogens with zero attached hydrogens (tertiary/aromatic N) is 3. The van der Waals surface area contributed by atoms with Gasteiger partial charge in [0.05, 0.1) is 5.69 Å². The summed E-state index contributed by atoms with van der Waals surface area (Å²) in [6.07, 6.45) is 5.91. The van der Waals surface area contributed by atoms with Crippen LogP contribution in [0.1, 0.15) is 44.8 Å². The second kappa shape index (κ2) is 7.88. The molecule has 0 unspecified atom stereocenters. The van der Waals surface area contributed by atoms with Crippen LogP contribution in [0.25, 0.3) is 0 Å². The average Bonchev–Trinajstić information content (AvgIpc) is 2.73. The predicted octanol–water partition coefficient (Wildman–Crippen LogP) is 3.46. The lowest BCUT2D eigenvalue weighted by Gasteiger charge is -2.14. The molecule has 1 rings (SSSR count). The van der Waals surface area contributed by atoms with E-state index in [-0.39, 0.29) is 0 Å². The molecule has 1 aromatic heterocycles. The SMILES string of the molecule is CC(C)n1ccc(CN(C)CCCCCBr)n1. The van der Waals surface area contributed by atoms with Crippen LogP contribution in [0.15, 0.2) is 12.3 Å². The largest absolute Gasteiger partial charge is 0.300 e. The van der Waals surface area contributed by atoms with Crippen LogP contribution < -0.4 is 0 Å². The first kappa shape index (κ1) is 14.7. The normalized spacial score (nSPS) is 11.6. The van der Waals surface area contributed by atoms with E-state index in [9.17, 15) is 0 Å². The molecule has 0 aromatic carbocycles. The molecule has 0 aliphatic heterocycles. The zero-order valence-electron chi connectivity index (χ0n) is 11.2. The summed E-state index contributed by atoms with van der Waals surface area (Å²) in [5.41, 5.74) is 1.17. The molecule has 3 nitrogen and oxygen atoms in total. The third kappa shape index (κ3) is 5.68. The van der Waals surface area contributed by atoms with Crippen LogP contribution in [0, 0.1) is 0 Å². The smallest absolute Gasteiger partial charge is 0.0764 e. The van der Waals surface area contributed by atoms with Crippen LogP contribution in [0.2, 0.25) is 0 Å². The van der Waals surface area contributed by atoms with Crippen LogP contribution >= 0.6 is 15.9 Å². The minimum atomic E-state index is 0.452. The highest BCUT2D eigenvalue weighted by molar-refractivity contribution is 9.09. The molecule has 98 valence electrons. The van der Waals surface area contributed by atoms with E-state index < -0.39 is 0 Å². The predicted molar refractivity (Wildman–Crippen MR) is 76.6 cm³/mol. The van der Waals surface area contributed by atoms with Gasteiger partial charge in [-0.05, 0) is 46.3 Å². The maximum absolute atomic E-state index is 4.56. The van der Waals surface area contributed by atoms with Gasteiger partial charge < -0.3 is 4.90 Å². The van der Waals surface area contributed by atoms with Crippen molar-refractivity contribution in [3.63, 3.8) is 0 Å². The maximum atomic E-state index is 4.56. The second-order valence-electron chi connectivity index (χ2n) is 4.87. The first-order valence-corrected chi connectivity index (χ1v) is 7.54. The highest BCUT2D eigenvalue weighted by Gasteiger charge is 2.05. The Balaban J connectivity index is 2.27. The monoisotopic (exact) mass is 301 g/mol. The van der Waals surface area contributed by atoms with Gasteiger partial charge >= 0.3 is 0 Å². The second-order valence-corrected chi connectivity index (χ2v) is 5.66. The minimum Gasteiger partial charge on any atom is -0.300 e. The fraction of sp³-hybridized carbons (Fsp3) is 0.769. The van der Waals surface area contributed by atoms with Crippen LogP contribution in [0.5, 0.6) is 0 Å². The quantitative estimate of drug-likeness (QED) is 0.541. The number of unbranched alkanes of at least 4 members (excludes halogenated alkanes) is 2. The first-order chi connectivity index (χ1) is 8.13. The fourth-order valence-corrected chi connectivity index (χ4v) is 2.15. The Hall–Kier alpha value is -0.350. The van der Waals surface area contributed by atoms with Gasteiger partial charge in [-0.15, -0.1) is 0 Å². The summed E-state index contributed by atoms with van der Waals surface area (Å²) in [6, 6.07) is 2.57. The zero-order valence-corrected chi connectivity index (χ0v) is 12.8. The first-order valence-electron chi connectivity index (χ1n) is 6.42. The van der Waals surface area contributed by atoms with Crippen molar-refractivity contribution < 1.29 is 0 Å². The van der Waals surface area contributed by atoms with E-state index in [2.05, 4.69) is 59.1 Å². The molecule has 1 heterocycles. The number of hydrogen-bond acceptors (Lipinski definition) is 2. The van der Waals surface area contributed by atoms with Crippen molar-refractivity contribution in [2.75, 3.05) is 18.9 Å². The molecule has 0 atom stereocenters. The van der Waals surface area contributed by atoms with E-state index in [4.69, 9.17) is 0 Å². The molecular weight excluding hydrogens is 278 g/mol. The van der Waals surface area contributed by atoms with Gasteiger partial charge in [0.2, 0.25) is 0 Å². The van der Waals surface area contributed by atoms with Crippen molar-refractivity contribution in [3.8, 4) is 0 Å². The van der Waals surface area contributed by atoms with E-state index >= 15 is 0 Å². The summed E-state index contributed by atoms with van der Waals surface area (Å²) in [4.78, 5) is 2.35. The zero-order chi connectivity index (χ0) is 12.7. The van der Waals surface area contributed by atoms with Crippen molar-refractivity contribution in [2.24, 2.45) is 0 Å². The fourth-order valence-electron chi connectivity index (χ4n) is 1.76. The number of halogens is 1. The van der Waals surface area contributed by atoms with E-state index in [1.807, 2.05) is 4.68 Å². The summed E-state index contributed by atoms with van der Waals surface area (Å²) in [6.45, 7) is 6.41. The van der Waals surface area contributed by atoms with Crippen molar-refractivity contribution in [3.05, 3.63) is 18.0 Å². The molecule has 0 aliphatic rings. The summed E-state index contributed by atoms with van der Waals surface area (Å²) >= 11 is 3.46. The Labute approximate surface area is 113 Å². The Morgan fingerprint density at radius 1 is 1.35 bits per heavy atom. The summed E-state index contributed by atoms with van der Waals surface area (Å²) in [5.74, 6) is 0. The number of rotatable bonds is 8. The highest BCUT2D eigenvalue weighted by Crippen LogP contribution is 2.07. The Morgan fingerprint density at radius 3 is 2.71 bits per heavy atom. The molecule has 1 aromatic rings. The molecule has 0 saturated heterocycles. The lowest BCUT2D eigenvalue weighted by Crippen LogP contribution is -2.19. The molecule has 0 amide bonds. The molecule has 0 bridgehead atoms. The molecule has 0 fully saturated rings. The minimum absolute atomic E-state index is 0.452. The molecule has 0 spiro atoms. The van der Waals surface area contributed by atoms with E-state index in [1.54, 1.807) is 0 Å². The molecule has 0 saturated carbocycles. The number of aromatic nitrogens is 2. The third-order valence-electron chi connectivity index (χ3n) is 2.80. The van der Waals surface area contributed by atoms with Crippen molar-refractivity contribution in [1.82, 2.24) is 14.7 Å². The standard InChI is InChI=1S/C13H24BrN3/c1-12(2)17-10-7-13(15-17)11-16(3)9-6-4-5-8-14/h7,10,12H,4-6,8-9,11H2,1-3H3. The van der Waals surface area contributed by atoms with Crippen molar-refractivity contribution >= 4 is 15.9 Å². The van der Waals surface area contributed by atoms with Gasteiger partial charge in [0.1, 0.15) is 0 Å². The van der Waals surface area contributed by atoms with Gasteiger partial charge in [-0.3, -0.25) is 4.68 Å². The van der Waals surface area contributed by atoms with Gasteiger partial charge in [0.25, 0.3) is 0 Å². The van der Waals surface area contributed by atoms with E-state index in [0.717, 1.165) is 18.4 Å². The average molecular weight is 302 g/mol. The molecule has 4 heteroatoms. The Bertz CT molecular complexity index is 309. The van der Waals surface area contributed by atoms with Gasteiger partial charge in [0, 0.05) is 24.1 Å². The van der Waals surface area contributed by atoms with E-state index in [1.165, 1.54) is 25.0 Å². The topological polar surface area (TPSA) is 21.1 Å². The molecule has 0 radical (unpaired) electrons. The van der Waals surface area contributed by atoms with Gasteiger partial charge in [-0.1, -0.05) is 22.4 Å². The van der Waals surface area contributed by atoms with Gasteiger partial charge in [-0.2, -0.15) is 5.10 Å². The van der Waals surface area contributed by atoms with E-state index in [0.29, 0.717) is 6.04 Å². The summed E-state index contributed by atoms with van der Waals surface area (Å²) in [7, 11) is 2.17. The molecule has 0 N–H and O–H groups in total. The maximum Gasteiger partial charge on any atom is 0.0764 e. The Morgan fingerprint density at radius 2 is 2.12 bits per heavy atom. The van der Waals surface area contributed by atoms with Gasteiger partial charge in [0.15, 0.2) is 0 Å². The van der Waals surface area contributed by atoms with Crippen LogP contribution in [-0.4, -0.2) is 33.6 Å². The summed E-state index contributed by atoms with van der Waals surface area (Å²) < 4.78 is 2.02. The van der Waals surface area contributed by atoms with Crippen LogP contribution in [-0.2, 0) is 6.54 Å². The van der Waals surface area contributed by atoms with Crippen molar-refractivity contribution in [2.45, 2.75) is 45.7 Å². The Kier molecular flexibility index (Phi) is 6.82. The highest BCUT2D eigenvalue weighted by atomic mass is 79.9. The van der Waals surface area contributed by atoms with Gasteiger partial charge in [-0.25, -0.2) is 0 Å². The number of hydrogen-bond donors (Lipinski definition) is 0. The van der Waals surface area contributed by atoms with Crippen molar-refractivity contribution in [1.29, 1.82) is 0 Å². The van der Waals surface area contributed by atoms with Crippen LogP contribution in [0.3, 0.4) is 0 Å². The molecule has 0 aliphatic carbocycles. The van der Waals surface area contributed by atoms with Crippen LogP contribution in [0.4, 0.5) is 0 Å². The summed E-state index contributed by atoms with van der Waals surface area (Å²) in [5, 5.41) is 5.68. The molecule has 17 heavy (non-hydrogen) atoms. The third-order valence-corrected chi connectivity index (χ3v) is 3.36.